The van der Waals surface area contributed by atoms with E-state index in [0.717, 1.165) is 5.56 Å². The van der Waals surface area contributed by atoms with Crippen molar-refractivity contribution in [3.8, 4) is 5.75 Å². The van der Waals surface area contributed by atoms with Crippen LogP contribution in [0.5, 0.6) is 5.75 Å². The third-order valence-corrected chi connectivity index (χ3v) is 3.28. The topological polar surface area (TPSA) is 64.6 Å². The minimum absolute atomic E-state index is 0.318. The number of ether oxygens (including phenoxy) is 2. The van der Waals surface area contributed by atoms with Crippen molar-refractivity contribution in [3.05, 3.63) is 59.1 Å². The van der Waals surface area contributed by atoms with E-state index in [1.807, 2.05) is 25.1 Å². The molecule has 0 unspecified atom stereocenters. The van der Waals surface area contributed by atoms with E-state index in [0.29, 0.717) is 16.5 Å². The van der Waals surface area contributed by atoms with Crippen LogP contribution in [0.4, 0.5) is 5.69 Å². The molecule has 23 heavy (non-hydrogen) atoms. The zero-order valence-electron chi connectivity index (χ0n) is 12.5. The second kappa shape index (κ2) is 8.19. The van der Waals surface area contributed by atoms with Crippen LogP contribution in [0.1, 0.15) is 5.56 Å². The summed E-state index contributed by atoms with van der Waals surface area (Å²) in [6.07, 6.45) is 0. The van der Waals surface area contributed by atoms with E-state index in [9.17, 15) is 9.59 Å². The van der Waals surface area contributed by atoms with Gasteiger partial charge < -0.3 is 14.8 Å². The Morgan fingerprint density at radius 1 is 1.04 bits per heavy atom. The lowest BCUT2D eigenvalue weighted by atomic mass is 10.2. The van der Waals surface area contributed by atoms with E-state index in [-0.39, 0.29) is 13.2 Å². The van der Waals surface area contributed by atoms with E-state index in [4.69, 9.17) is 21.1 Å². The number of anilines is 1. The van der Waals surface area contributed by atoms with Crippen LogP contribution in [-0.4, -0.2) is 25.1 Å². The number of esters is 1. The van der Waals surface area contributed by atoms with Gasteiger partial charge >= 0.3 is 5.97 Å². The number of nitrogens with one attached hydrogen (secondary N) is 1. The van der Waals surface area contributed by atoms with Gasteiger partial charge in [0, 0.05) is 5.69 Å². The number of hydrogen-bond acceptors (Lipinski definition) is 4. The highest BCUT2D eigenvalue weighted by Crippen LogP contribution is 2.22. The third-order valence-electron chi connectivity index (χ3n) is 2.97. The second-order valence-electron chi connectivity index (χ2n) is 4.74. The smallest absolute Gasteiger partial charge is 0.344 e. The standard InChI is InChI=1S/C17H16ClNO4/c1-12-6-2-4-8-14(12)19-16(20)10-23-17(21)11-22-15-9-5-3-7-13(15)18/h2-9H,10-11H2,1H3,(H,19,20). The summed E-state index contributed by atoms with van der Waals surface area (Å²) >= 11 is 5.90. The van der Waals surface area contributed by atoms with Crippen molar-refractivity contribution in [1.82, 2.24) is 0 Å². The number of aryl methyl sites for hydroxylation is 1. The summed E-state index contributed by atoms with van der Waals surface area (Å²) in [5.41, 5.74) is 1.61. The predicted molar refractivity (Wildman–Crippen MR) is 87.7 cm³/mol. The first-order valence-electron chi connectivity index (χ1n) is 6.94. The maximum Gasteiger partial charge on any atom is 0.344 e. The Bertz CT molecular complexity index is 702. The van der Waals surface area contributed by atoms with E-state index in [2.05, 4.69) is 5.32 Å². The van der Waals surface area contributed by atoms with Crippen molar-refractivity contribution < 1.29 is 19.1 Å². The molecule has 0 aromatic heterocycles. The van der Waals surface area contributed by atoms with Crippen LogP contribution in [0.15, 0.2) is 48.5 Å². The summed E-state index contributed by atoms with van der Waals surface area (Å²) in [4.78, 5) is 23.3. The molecule has 1 amide bonds. The van der Waals surface area contributed by atoms with Crippen molar-refractivity contribution in [2.75, 3.05) is 18.5 Å². The van der Waals surface area contributed by atoms with Gasteiger partial charge in [-0.3, -0.25) is 4.79 Å². The zero-order chi connectivity index (χ0) is 16.7. The summed E-state index contributed by atoms with van der Waals surface area (Å²) in [5.74, 6) is -0.675. The Labute approximate surface area is 139 Å². The molecule has 0 spiro atoms. The fourth-order valence-electron chi connectivity index (χ4n) is 1.79. The molecule has 2 aromatic rings. The number of halogens is 1. The lowest BCUT2D eigenvalue weighted by Crippen LogP contribution is -2.24. The highest BCUT2D eigenvalue weighted by Gasteiger charge is 2.10. The maximum atomic E-state index is 11.7. The fourth-order valence-corrected chi connectivity index (χ4v) is 1.98. The molecule has 2 rings (SSSR count). The van der Waals surface area contributed by atoms with E-state index >= 15 is 0 Å². The monoisotopic (exact) mass is 333 g/mol. The van der Waals surface area contributed by atoms with Gasteiger partial charge in [0.1, 0.15) is 5.75 Å². The second-order valence-corrected chi connectivity index (χ2v) is 5.15. The molecule has 0 heterocycles. The van der Waals surface area contributed by atoms with Crippen LogP contribution < -0.4 is 10.1 Å². The first-order valence-corrected chi connectivity index (χ1v) is 7.32. The molecule has 120 valence electrons. The van der Waals surface area contributed by atoms with Crippen LogP contribution >= 0.6 is 11.6 Å². The van der Waals surface area contributed by atoms with Gasteiger partial charge in [-0.2, -0.15) is 0 Å². The van der Waals surface area contributed by atoms with E-state index in [1.54, 1.807) is 30.3 Å². The lowest BCUT2D eigenvalue weighted by Gasteiger charge is -2.09. The van der Waals surface area contributed by atoms with Crippen LogP contribution in [0, 0.1) is 6.92 Å². The molecule has 0 bridgehead atoms. The number of carbonyl (C=O) groups is 2. The molecule has 0 aliphatic rings. The minimum atomic E-state index is -0.648. The van der Waals surface area contributed by atoms with Gasteiger partial charge in [-0.15, -0.1) is 0 Å². The largest absolute Gasteiger partial charge is 0.480 e. The molecule has 2 aromatic carbocycles. The summed E-state index contributed by atoms with van der Waals surface area (Å²) in [7, 11) is 0. The van der Waals surface area contributed by atoms with Gasteiger partial charge in [-0.25, -0.2) is 4.79 Å². The quantitative estimate of drug-likeness (QED) is 0.824. The number of para-hydroxylation sites is 2. The van der Waals surface area contributed by atoms with Gasteiger partial charge in [-0.05, 0) is 30.7 Å². The summed E-state index contributed by atoms with van der Waals surface area (Å²) in [5, 5.41) is 3.07. The van der Waals surface area contributed by atoms with E-state index in [1.165, 1.54) is 0 Å². The van der Waals surface area contributed by atoms with Crippen molar-refractivity contribution in [2.24, 2.45) is 0 Å². The molecular weight excluding hydrogens is 318 g/mol. The third kappa shape index (κ3) is 5.30. The van der Waals surface area contributed by atoms with Crippen LogP contribution in [-0.2, 0) is 14.3 Å². The van der Waals surface area contributed by atoms with E-state index < -0.39 is 11.9 Å². The Balaban J connectivity index is 1.75. The van der Waals surface area contributed by atoms with Gasteiger partial charge in [0.15, 0.2) is 13.2 Å². The molecule has 0 saturated carbocycles. The van der Waals surface area contributed by atoms with Crippen molar-refractivity contribution in [2.45, 2.75) is 6.92 Å². The average molecular weight is 334 g/mol. The number of rotatable bonds is 6. The maximum absolute atomic E-state index is 11.7. The average Bonchev–Trinajstić information content (AvgIpc) is 2.54. The Morgan fingerprint density at radius 3 is 2.48 bits per heavy atom. The Hall–Kier alpha value is -2.53. The fraction of sp³-hybridized carbons (Fsp3) is 0.176. The Kier molecular flexibility index (Phi) is 6.00. The first-order chi connectivity index (χ1) is 11.1. The molecular formula is C17H16ClNO4. The molecule has 6 heteroatoms. The highest BCUT2D eigenvalue weighted by molar-refractivity contribution is 6.32. The molecule has 0 aliphatic carbocycles. The van der Waals surface area contributed by atoms with Crippen LogP contribution in [0.2, 0.25) is 5.02 Å². The van der Waals surface area contributed by atoms with Crippen LogP contribution in [0.25, 0.3) is 0 Å². The van der Waals surface area contributed by atoms with Crippen molar-refractivity contribution in [3.63, 3.8) is 0 Å². The number of carbonyl (C=O) groups excluding carboxylic acids is 2. The predicted octanol–water partition coefficient (Wildman–Crippen LogP) is 3.21. The number of benzene rings is 2. The van der Waals surface area contributed by atoms with Gasteiger partial charge in [0.2, 0.25) is 0 Å². The summed E-state index contributed by atoms with van der Waals surface area (Å²) in [6.45, 7) is 1.18. The van der Waals surface area contributed by atoms with Crippen molar-refractivity contribution >= 4 is 29.2 Å². The first kappa shape index (κ1) is 16.8. The molecule has 0 radical (unpaired) electrons. The molecule has 0 aliphatic heterocycles. The molecule has 0 saturated heterocycles. The van der Waals surface area contributed by atoms with Gasteiger partial charge in [-0.1, -0.05) is 41.9 Å². The normalized spacial score (nSPS) is 10.0. The van der Waals surface area contributed by atoms with Crippen molar-refractivity contribution in [1.29, 1.82) is 0 Å². The molecule has 0 atom stereocenters. The van der Waals surface area contributed by atoms with Crippen LogP contribution in [0.3, 0.4) is 0 Å². The molecule has 1 N–H and O–H groups in total. The number of hydrogen-bond donors (Lipinski definition) is 1. The summed E-state index contributed by atoms with van der Waals surface area (Å²) < 4.78 is 10.1. The Morgan fingerprint density at radius 2 is 1.74 bits per heavy atom. The molecule has 0 fully saturated rings. The van der Waals surface area contributed by atoms with Gasteiger partial charge in [0.25, 0.3) is 5.91 Å². The number of amides is 1. The summed E-state index contributed by atoms with van der Waals surface area (Å²) in [6, 6.07) is 14.1. The lowest BCUT2D eigenvalue weighted by molar-refractivity contribution is -0.149. The van der Waals surface area contributed by atoms with Gasteiger partial charge in [0.05, 0.1) is 5.02 Å². The zero-order valence-corrected chi connectivity index (χ0v) is 13.3. The highest BCUT2D eigenvalue weighted by atomic mass is 35.5. The molecule has 5 nitrogen and oxygen atoms in total. The minimum Gasteiger partial charge on any atom is -0.480 e. The SMILES string of the molecule is Cc1ccccc1NC(=O)COC(=O)COc1ccccc1Cl.